The van der Waals surface area contributed by atoms with Gasteiger partial charge in [-0.3, -0.25) is 4.79 Å². The number of aromatic nitrogens is 1. The van der Waals surface area contributed by atoms with Gasteiger partial charge in [-0.15, -0.1) is 0 Å². The second kappa shape index (κ2) is 8.48. The highest BCUT2D eigenvalue weighted by Gasteiger charge is 2.26. The van der Waals surface area contributed by atoms with Gasteiger partial charge in [0.25, 0.3) is 0 Å². The lowest BCUT2D eigenvalue weighted by Gasteiger charge is -2.26. The van der Waals surface area contributed by atoms with Crippen LogP contribution in [0.4, 0.5) is 0 Å². The molecule has 2 aliphatic heterocycles. The van der Waals surface area contributed by atoms with E-state index in [0.717, 1.165) is 19.3 Å². The first kappa shape index (κ1) is 18.6. The fraction of sp³-hybridized carbons (Fsp3) is 0.625. The fourth-order valence-corrected chi connectivity index (χ4v) is 5.11. The number of rotatable bonds is 5. The molecule has 0 aliphatic carbocycles. The third kappa shape index (κ3) is 4.72. The van der Waals surface area contributed by atoms with Crippen molar-refractivity contribution in [1.29, 1.82) is 0 Å². The van der Waals surface area contributed by atoms with Gasteiger partial charge >= 0.3 is 0 Å². The predicted octanol–water partition coefficient (Wildman–Crippen LogP) is 1.21. The van der Waals surface area contributed by atoms with Gasteiger partial charge < -0.3 is 9.64 Å². The van der Waals surface area contributed by atoms with E-state index in [-0.39, 0.29) is 10.8 Å². The van der Waals surface area contributed by atoms with Crippen LogP contribution in [0.15, 0.2) is 28.3 Å². The Morgan fingerprint density at radius 2 is 1.84 bits per heavy atom. The second-order valence-corrected chi connectivity index (χ2v) is 9.01. The van der Waals surface area contributed by atoms with Crippen LogP contribution in [0.5, 0.6) is 0 Å². The summed E-state index contributed by atoms with van der Waals surface area (Å²) in [6.45, 7) is 3.56. The molecule has 0 unspecified atom stereocenters. The summed E-state index contributed by atoms with van der Waals surface area (Å²) in [5.41, 5.74) is 0. The summed E-state index contributed by atoms with van der Waals surface area (Å²) in [4.78, 5) is 18.3. The Morgan fingerprint density at radius 3 is 2.48 bits per heavy atom. The molecule has 3 heterocycles. The zero-order valence-corrected chi connectivity index (χ0v) is 15.7. The first-order chi connectivity index (χ1) is 12.1. The standard InChI is InChI=1S/C16H23N3O4S2/c20-16(18-8-10-23-11-9-18)13-24-15-5-4-14(12-17-15)25(21,22)19-6-2-1-3-7-19/h4-5,12H,1-3,6-11,13H2. The molecule has 0 atom stereocenters. The Hall–Kier alpha value is -1.16. The van der Waals surface area contributed by atoms with E-state index in [1.165, 1.54) is 22.3 Å². The number of morpholine rings is 1. The molecule has 1 aromatic rings. The number of nitrogens with zero attached hydrogens (tertiary/aromatic N) is 3. The van der Waals surface area contributed by atoms with Crippen LogP contribution in [0.25, 0.3) is 0 Å². The number of amides is 1. The predicted molar refractivity (Wildman–Crippen MR) is 95.0 cm³/mol. The van der Waals surface area contributed by atoms with Gasteiger partial charge in [0.1, 0.15) is 4.90 Å². The summed E-state index contributed by atoms with van der Waals surface area (Å²) < 4.78 is 31.9. The number of sulfonamides is 1. The van der Waals surface area contributed by atoms with Crippen LogP contribution >= 0.6 is 11.8 Å². The molecule has 0 saturated carbocycles. The quantitative estimate of drug-likeness (QED) is 0.709. The maximum absolute atomic E-state index is 12.6. The van der Waals surface area contributed by atoms with E-state index in [4.69, 9.17) is 4.74 Å². The third-order valence-corrected chi connectivity index (χ3v) is 7.18. The Balaban J connectivity index is 1.57. The van der Waals surface area contributed by atoms with Crippen LogP contribution in [0.2, 0.25) is 0 Å². The van der Waals surface area contributed by atoms with Gasteiger partial charge in [0.05, 0.1) is 24.0 Å². The molecule has 7 nitrogen and oxygen atoms in total. The minimum absolute atomic E-state index is 0.0557. The number of ether oxygens (including phenoxy) is 1. The molecular weight excluding hydrogens is 362 g/mol. The highest BCUT2D eigenvalue weighted by molar-refractivity contribution is 7.99. The number of hydrogen-bond acceptors (Lipinski definition) is 6. The van der Waals surface area contributed by atoms with E-state index in [1.807, 2.05) is 0 Å². The van der Waals surface area contributed by atoms with Gasteiger partial charge in [-0.05, 0) is 25.0 Å². The van der Waals surface area contributed by atoms with E-state index in [9.17, 15) is 13.2 Å². The summed E-state index contributed by atoms with van der Waals surface area (Å²) in [6.07, 6.45) is 4.29. The molecular formula is C16H23N3O4S2. The lowest BCUT2D eigenvalue weighted by atomic mass is 10.2. The van der Waals surface area contributed by atoms with Crippen LogP contribution < -0.4 is 0 Å². The van der Waals surface area contributed by atoms with Crippen LogP contribution in [-0.2, 0) is 19.6 Å². The lowest BCUT2D eigenvalue weighted by Crippen LogP contribution is -2.41. The second-order valence-electron chi connectivity index (χ2n) is 6.08. The fourth-order valence-electron chi connectivity index (χ4n) is 2.90. The van der Waals surface area contributed by atoms with E-state index in [0.29, 0.717) is 50.2 Å². The Labute approximate surface area is 152 Å². The van der Waals surface area contributed by atoms with Crippen molar-refractivity contribution >= 4 is 27.7 Å². The molecule has 0 aromatic carbocycles. The molecule has 3 rings (SSSR count). The van der Waals surface area contributed by atoms with Crippen molar-refractivity contribution in [3.8, 4) is 0 Å². The Morgan fingerprint density at radius 1 is 1.12 bits per heavy atom. The minimum Gasteiger partial charge on any atom is -0.378 e. The summed E-state index contributed by atoms with van der Waals surface area (Å²) in [7, 11) is -3.45. The van der Waals surface area contributed by atoms with Crippen LogP contribution in [0.1, 0.15) is 19.3 Å². The van der Waals surface area contributed by atoms with Crippen molar-refractivity contribution in [3.63, 3.8) is 0 Å². The largest absolute Gasteiger partial charge is 0.378 e. The minimum atomic E-state index is -3.45. The Bertz CT molecular complexity index is 682. The van der Waals surface area contributed by atoms with Gasteiger partial charge in [0, 0.05) is 32.4 Å². The highest BCUT2D eigenvalue weighted by atomic mass is 32.2. The summed E-state index contributed by atoms with van der Waals surface area (Å²) in [5.74, 6) is 0.353. The summed E-state index contributed by atoms with van der Waals surface area (Å²) in [6, 6.07) is 3.26. The molecule has 2 fully saturated rings. The first-order valence-corrected chi connectivity index (χ1v) is 10.9. The van der Waals surface area contributed by atoms with Crippen LogP contribution in [0, 0.1) is 0 Å². The molecule has 0 radical (unpaired) electrons. The van der Waals surface area contributed by atoms with Crippen molar-refractivity contribution in [3.05, 3.63) is 18.3 Å². The molecule has 0 N–H and O–H groups in total. The molecule has 0 spiro atoms. The van der Waals surface area contributed by atoms with Gasteiger partial charge in [-0.25, -0.2) is 13.4 Å². The van der Waals surface area contributed by atoms with Crippen molar-refractivity contribution in [2.45, 2.75) is 29.2 Å². The molecule has 2 aliphatic rings. The first-order valence-electron chi connectivity index (χ1n) is 8.52. The van der Waals surface area contributed by atoms with E-state index < -0.39 is 10.0 Å². The number of thioether (sulfide) groups is 1. The SMILES string of the molecule is O=C(CSc1ccc(S(=O)(=O)N2CCCCC2)cn1)N1CCOCC1. The monoisotopic (exact) mass is 385 g/mol. The van der Waals surface area contributed by atoms with Gasteiger partial charge in [0.2, 0.25) is 15.9 Å². The lowest BCUT2D eigenvalue weighted by molar-refractivity contribution is -0.132. The number of piperidine rings is 1. The van der Waals surface area contributed by atoms with E-state index in [2.05, 4.69) is 4.98 Å². The molecule has 9 heteroatoms. The zero-order valence-electron chi connectivity index (χ0n) is 14.1. The van der Waals surface area contributed by atoms with Crippen LogP contribution in [-0.4, -0.2) is 73.7 Å². The average Bonchev–Trinajstić information content (AvgIpc) is 2.68. The molecule has 0 bridgehead atoms. The smallest absolute Gasteiger partial charge is 0.244 e. The molecule has 138 valence electrons. The van der Waals surface area contributed by atoms with Crippen molar-refractivity contribution in [1.82, 2.24) is 14.2 Å². The van der Waals surface area contributed by atoms with Gasteiger partial charge in [-0.1, -0.05) is 18.2 Å². The highest BCUT2D eigenvalue weighted by Crippen LogP contribution is 2.22. The number of pyridine rings is 1. The zero-order chi connectivity index (χ0) is 17.7. The summed E-state index contributed by atoms with van der Waals surface area (Å²) >= 11 is 1.33. The molecule has 1 amide bonds. The molecule has 2 saturated heterocycles. The van der Waals surface area contributed by atoms with Crippen molar-refractivity contribution in [2.24, 2.45) is 0 Å². The maximum Gasteiger partial charge on any atom is 0.244 e. The third-order valence-electron chi connectivity index (χ3n) is 4.37. The normalized spacial score (nSPS) is 19.8. The number of hydrogen-bond donors (Lipinski definition) is 0. The van der Waals surface area contributed by atoms with Crippen LogP contribution in [0.3, 0.4) is 0 Å². The topological polar surface area (TPSA) is 79.8 Å². The Kier molecular flexibility index (Phi) is 6.32. The molecule has 1 aromatic heterocycles. The number of carbonyl (C=O) groups is 1. The van der Waals surface area contributed by atoms with Crippen molar-refractivity contribution < 1.29 is 17.9 Å². The van der Waals surface area contributed by atoms with Gasteiger partial charge in [0.15, 0.2) is 0 Å². The van der Waals surface area contributed by atoms with Crippen molar-refractivity contribution in [2.75, 3.05) is 45.1 Å². The van der Waals surface area contributed by atoms with E-state index in [1.54, 1.807) is 17.0 Å². The maximum atomic E-state index is 12.6. The number of carbonyl (C=O) groups excluding carboxylic acids is 1. The van der Waals surface area contributed by atoms with Gasteiger partial charge in [-0.2, -0.15) is 4.31 Å². The summed E-state index contributed by atoms with van der Waals surface area (Å²) in [5, 5.41) is 0.652. The average molecular weight is 386 g/mol. The van der Waals surface area contributed by atoms with E-state index >= 15 is 0 Å². The molecule has 25 heavy (non-hydrogen) atoms.